The number of nitrogens with one attached hydrogen (secondary N) is 4. The molecule has 0 spiro atoms. The second-order valence-corrected chi connectivity index (χ2v) is 17.3. The maximum Gasteiger partial charge on any atom is 0.317 e. The van der Waals surface area contributed by atoms with Crippen LogP contribution in [0, 0.1) is 7.05 Å². The molecule has 0 aromatic heterocycles. The van der Waals surface area contributed by atoms with Crippen LogP contribution >= 0.6 is 11.8 Å². The Hall–Kier alpha value is -5.07. The minimum Gasteiger partial charge on any atom is -0.480 e. The molecule has 4 rings (SSSR count). The van der Waals surface area contributed by atoms with Crippen LogP contribution in [0.4, 0.5) is 10.5 Å². The Bertz CT molecular complexity index is 1740. The number of aliphatic hydroxyl groups excluding tert-OH is 1. The topological polar surface area (TPSA) is 280 Å². The molecular weight excluding hydrogens is 859 g/mol. The second-order valence-electron chi connectivity index (χ2n) is 16.0. The number of carbonyl (C=O) groups is 8. The summed E-state index contributed by atoms with van der Waals surface area (Å²) in [7, 11) is 7.64. The van der Waals surface area contributed by atoms with Gasteiger partial charge < -0.3 is 51.0 Å². The molecule has 64 heavy (non-hydrogen) atoms. The van der Waals surface area contributed by atoms with E-state index in [4.69, 9.17) is 16.5 Å². The van der Waals surface area contributed by atoms with Crippen LogP contribution in [0.2, 0.25) is 0 Å². The first-order valence-corrected chi connectivity index (χ1v) is 22.2. The first-order chi connectivity index (χ1) is 30.6. The van der Waals surface area contributed by atoms with E-state index in [0.717, 1.165) is 24.2 Å². The number of likely N-dealkylation sites (N-methyl/N-ethyl adjacent to an activating group) is 1. The number of hydrogen-bond acceptors (Lipinski definition) is 16. The van der Waals surface area contributed by atoms with Crippen molar-refractivity contribution in [2.45, 2.75) is 74.5 Å². The minimum absolute atomic E-state index is 0.0128. The van der Waals surface area contributed by atoms with Crippen molar-refractivity contribution >= 4 is 65.6 Å². The fourth-order valence-electron chi connectivity index (χ4n) is 7.61. The van der Waals surface area contributed by atoms with Gasteiger partial charge in [0.1, 0.15) is 13.3 Å². The summed E-state index contributed by atoms with van der Waals surface area (Å²) >= 11 is 1.80. The highest BCUT2D eigenvalue weighted by Gasteiger charge is 2.42. The van der Waals surface area contributed by atoms with Gasteiger partial charge in [0.2, 0.25) is 17.7 Å². The number of ether oxygens (including phenoxy) is 2. The van der Waals surface area contributed by atoms with Gasteiger partial charge in [-0.3, -0.25) is 53.2 Å². The van der Waals surface area contributed by atoms with Crippen molar-refractivity contribution in [1.29, 1.82) is 0 Å². The van der Waals surface area contributed by atoms with E-state index in [1.165, 1.54) is 11.9 Å². The average molecular weight is 920 g/mol. The zero-order valence-corrected chi connectivity index (χ0v) is 36.9. The van der Waals surface area contributed by atoms with Crippen LogP contribution in [0.15, 0.2) is 24.3 Å². The number of carboxylic acid groups (broad SMARTS) is 2. The normalized spacial score (nSPS) is 21.8. The van der Waals surface area contributed by atoms with E-state index in [1.54, 1.807) is 50.7 Å². The number of anilines is 1. The number of carboxylic acids is 2. The van der Waals surface area contributed by atoms with Gasteiger partial charge in [-0.05, 0) is 37.0 Å². The SMILES string of the molecule is [CH]N1CCN(COC=O)CCN(CC(=O)O)C(Cc2ccc(NC(=O)CCC(=O)OCC(O)NC(=O)CN(C)C(=O)CCCCC3SCC4NC(=O)NC43)cc2)CN(CC(=O)O)CC1. The Morgan fingerprint density at radius 1 is 0.938 bits per heavy atom. The van der Waals surface area contributed by atoms with Gasteiger partial charge in [-0.2, -0.15) is 11.8 Å². The first-order valence-electron chi connectivity index (χ1n) is 21.2. The maximum atomic E-state index is 12.7. The molecule has 3 aliphatic rings. The molecule has 7 N–H and O–H groups in total. The third kappa shape index (κ3) is 18.6. The van der Waals surface area contributed by atoms with Gasteiger partial charge >= 0.3 is 23.9 Å². The van der Waals surface area contributed by atoms with Gasteiger partial charge in [0.15, 0.2) is 6.23 Å². The number of esters is 1. The molecule has 23 heteroatoms. The molecular formula is C41H61N9O13S. The van der Waals surface area contributed by atoms with Gasteiger partial charge in [-0.1, -0.05) is 18.6 Å². The lowest BCUT2D eigenvalue weighted by Crippen LogP contribution is -2.52. The fraction of sp³-hybridized carbons (Fsp3) is 0.634. The number of unbranched alkanes of at least 4 members (excludes halogenated alkanes) is 1. The van der Waals surface area contributed by atoms with Crippen LogP contribution in [0.3, 0.4) is 0 Å². The zero-order chi connectivity index (χ0) is 46.6. The molecule has 354 valence electrons. The van der Waals surface area contributed by atoms with E-state index in [0.29, 0.717) is 57.7 Å². The first kappa shape index (κ1) is 51.6. The number of benzene rings is 1. The summed E-state index contributed by atoms with van der Waals surface area (Å²) in [5.74, 6) is -3.43. The molecule has 5 atom stereocenters. The number of thioether (sulfide) groups is 1. The predicted octanol–water partition coefficient (Wildman–Crippen LogP) is -1.33. The number of aliphatic hydroxyl groups is 1. The van der Waals surface area contributed by atoms with Crippen molar-refractivity contribution in [3.63, 3.8) is 0 Å². The number of carbonyl (C=O) groups excluding carboxylic acids is 6. The van der Waals surface area contributed by atoms with Crippen molar-refractivity contribution in [3.8, 4) is 0 Å². The van der Waals surface area contributed by atoms with Crippen molar-refractivity contribution in [2.75, 3.05) is 96.9 Å². The zero-order valence-electron chi connectivity index (χ0n) is 36.1. The Morgan fingerprint density at radius 2 is 1.64 bits per heavy atom. The summed E-state index contributed by atoms with van der Waals surface area (Å²) in [5.41, 5.74) is 1.20. The van der Waals surface area contributed by atoms with E-state index < -0.39 is 48.6 Å². The molecule has 5 unspecified atom stereocenters. The largest absolute Gasteiger partial charge is 0.480 e. The highest BCUT2D eigenvalue weighted by Crippen LogP contribution is 2.33. The molecule has 3 fully saturated rings. The lowest BCUT2D eigenvalue weighted by molar-refractivity contribution is -0.149. The second kappa shape index (κ2) is 26.7. The van der Waals surface area contributed by atoms with E-state index in [1.807, 2.05) is 4.90 Å². The third-order valence-corrected chi connectivity index (χ3v) is 12.5. The summed E-state index contributed by atoms with van der Waals surface area (Å²) in [6, 6.07) is 6.42. The van der Waals surface area contributed by atoms with Gasteiger partial charge in [-0.25, -0.2) is 4.79 Å². The molecule has 3 saturated heterocycles. The smallest absolute Gasteiger partial charge is 0.317 e. The number of nitrogens with zero attached hydrogens (tertiary/aromatic N) is 5. The maximum absolute atomic E-state index is 12.7. The van der Waals surface area contributed by atoms with E-state index >= 15 is 0 Å². The predicted molar refractivity (Wildman–Crippen MR) is 231 cm³/mol. The summed E-state index contributed by atoms with van der Waals surface area (Å²) in [5, 5.41) is 40.7. The van der Waals surface area contributed by atoms with Crippen molar-refractivity contribution in [2.24, 2.45) is 0 Å². The molecule has 5 amide bonds. The summed E-state index contributed by atoms with van der Waals surface area (Å²) in [4.78, 5) is 104. The molecule has 0 saturated carbocycles. The van der Waals surface area contributed by atoms with Gasteiger partial charge in [0, 0.05) is 95.5 Å². The highest BCUT2D eigenvalue weighted by molar-refractivity contribution is 8.00. The van der Waals surface area contributed by atoms with Crippen molar-refractivity contribution in [1.82, 2.24) is 40.4 Å². The Balaban J connectivity index is 1.18. The van der Waals surface area contributed by atoms with Crippen LogP contribution in [0.5, 0.6) is 0 Å². The summed E-state index contributed by atoms with van der Waals surface area (Å²) in [6.07, 6.45) is 0.730. The molecule has 3 heterocycles. The van der Waals surface area contributed by atoms with Crippen LogP contribution < -0.4 is 21.3 Å². The van der Waals surface area contributed by atoms with Gasteiger partial charge in [0.05, 0.1) is 38.1 Å². The quantitative estimate of drug-likeness (QED) is 0.0220. The summed E-state index contributed by atoms with van der Waals surface area (Å²) in [6.45, 7) is 1.09. The third-order valence-electron chi connectivity index (χ3n) is 11.0. The van der Waals surface area contributed by atoms with E-state index in [-0.39, 0.29) is 88.0 Å². The van der Waals surface area contributed by atoms with E-state index in [9.17, 15) is 53.7 Å². The number of urea groups is 1. The molecule has 3 aliphatic heterocycles. The highest BCUT2D eigenvalue weighted by atomic mass is 32.2. The fourth-order valence-corrected chi connectivity index (χ4v) is 9.15. The Morgan fingerprint density at radius 3 is 2.34 bits per heavy atom. The number of aliphatic carboxylic acids is 2. The van der Waals surface area contributed by atoms with Crippen LogP contribution in [-0.2, 0) is 49.5 Å². The van der Waals surface area contributed by atoms with Crippen LogP contribution in [0.25, 0.3) is 0 Å². The number of hydrogen-bond donors (Lipinski definition) is 7. The van der Waals surface area contributed by atoms with E-state index in [2.05, 4.69) is 21.3 Å². The van der Waals surface area contributed by atoms with Gasteiger partial charge in [-0.15, -0.1) is 0 Å². The standard InChI is InChI=1S/C41H61N9O13S/c1-46-13-15-48(26-62-27-51)17-18-50(23-38(58)59)30(20-49(16-14-46)22-37(56)57)19-28-7-9-29(10-8-28)42-33(52)11-12-39(60)63-24-35(54)44-34(53)21-47(2)36(55)6-4-3-5-32-40-31(25-64-32)43-41(61)45-40/h1,7-10,27,30-32,35,40,54H,3-6,11-26H2,2H3,(H,42,52)(H,44,53)(H,56,57)(H,58,59)(H2,43,45,61). The van der Waals surface area contributed by atoms with Crippen LogP contribution in [-0.4, -0.2) is 209 Å². The lowest BCUT2D eigenvalue weighted by atomic mass is 10.0. The van der Waals surface area contributed by atoms with Crippen molar-refractivity contribution < 1.29 is 63.1 Å². The van der Waals surface area contributed by atoms with Crippen molar-refractivity contribution in [3.05, 3.63) is 36.9 Å². The number of fused-ring (bicyclic) bond motifs is 1. The molecule has 1 aromatic rings. The molecule has 2 radical (unpaired) electrons. The minimum atomic E-state index is -1.54. The molecule has 0 bridgehead atoms. The molecule has 22 nitrogen and oxygen atoms in total. The monoisotopic (exact) mass is 919 g/mol. The number of rotatable bonds is 23. The molecule has 0 aliphatic carbocycles. The Kier molecular flexibility index (Phi) is 21.5. The van der Waals surface area contributed by atoms with Gasteiger partial charge in [0.25, 0.3) is 6.47 Å². The molecule has 1 aromatic carbocycles. The number of amides is 5. The lowest BCUT2D eigenvalue weighted by Gasteiger charge is -2.37. The van der Waals surface area contributed by atoms with Crippen LogP contribution in [0.1, 0.15) is 44.1 Å². The Labute approximate surface area is 376 Å². The summed E-state index contributed by atoms with van der Waals surface area (Å²) < 4.78 is 9.98. The average Bonchev–Trinajstić information content (AvgIpc) is 3.80.